The van der Waals surface area contributed by atoms with Gasteiger partial charge in [0.1, 0.15) is 17.3 Å². The maximum absolute atomic E-state index is 12.8. The zero-order chi connectivity index (χ0) is 20.7. The zero-order valence-corrected chi connectivity index (χ0v) is 16.7. The van der Waals surface area contributed by atoms with E-state index in [-0.39, 0.29) is 22.4 Å². The van der Waals surface area contributed by atoms with E-state index in [0.717, 1.165) is 16.9 Å². The second-order valence-electron chi connectivity index (χ2n) is 5.45. The normalized spacial score (nSPS) is 12.1. The van der Waals surface area contributed by atoms with Crippen LogP contribution in [-0.2, 0) is 16.1 Å². The van der Waals surface area contributed by atoms with E-state index in [9.17, 15) is 14.9 Å². The fourth-order valence-electron chi connectivity index (χ4n) is 2.47. The van der Waals surface area contributed by atoms with Crippen LogP contribution in [0.5, 0.6) is 11.5 Å². The van der Waals surface area contributed by atoms with Gasteiger partial charge in [-0.25, -0.2) is 4.79 Å². The van der Waals surface area contributed by atoms with Crippen LogP contribution in [0.15, 0.2) is 35.6 Å². The number of benzene rings is 1. The Balaban J connectivity index is 2.69. The van der Waals surface area contributed by atoms with E-state index in [1.54, 1.807) is 31.2 Å². The molecule has 1 aromatic heterocycles. The molecule has 1 heterocycles. The Morgan fingerprint density at radius 1 is 1.32 bits per heavy atom. The molecular weight excluding hydrogens is 380 g/mol. The van der Waals surface area contributed by atoms with E-state index in [2.05, 4.69) is 6.58 Å². The molecule has 0 bridgehead atoms. The predicted molar refractivity (Wildman–Crippen MR) is 107 cm³/mol. The third-order valence-corrected chi connectivity index (χ3v) is 4.92. The van der Waals surface area contributed by atoms with Gasteiger partial charge in [0.05, 0.1) is 18.8 Å². The minimum absolute atomic E-state index is 0.0175. The van der Waals surface area contributed by atoms with Gasteiger partial charge in [-0.1, -0.05) is 18.7 Å². The van der Waals surface area contributed by atoms with Gasteiger partial charge in [0, 0.05) is 6.54 Å². The highest BCUT2D eigenvalue weighted by Gasteiger charge is 2.16. The Morgan fingerprint density at radius 3 is 2.61 bits per heavy atom. The summed E-state index contributed by atoms with van der Waals surface area (Å²) in [7, 11) is 3.06. The molecule has 0 aliphatic heterocycles. The van der Waals surface area contributed by atoms with Crippen molar-refractivity contribution in [3.05, 3.63) is 56.0 Å². The molecule has 0 aliphatic rings. The quantitative estimate of drug-likeness (QED) is 0.512. The summed E-state index contributed by atoms with van der Waals surface area (Å²) in [4.78, 5) is 24.9. The van der Waals surface area contributed by atoms with Gasteiger partial charge in [-0.15, -0.1) is 11.3 Å². The fourth-order valence-corrected chi connectivity index (χ4v) is 3.63. The highest BCUT2D eigenvalue weighted by molar-refractivity contribution is 7.07. The average Bonchev–Trinajstić information content (AvgIpc) is 3.01. The van der Waals surface area contributed by atoms with Gasteiger partial charge in [-0.3, -0.25) is 9.36 Å². The Hall–Kier alpha value is -3.31. The minimum atomic E-state index is -0.788. The Labute approximate surface area is 166 Å². The van der Waals surface area contributed by atoms with Crippen LogP contribution in [0.3, 0.4) is 0 Å². The number of carbonyl (C=O) groups excluding carboxylic acids is 1. The lowest BCUT2D eigenvalue weighted by Gasteiger charge is -2.07. The molecule has 146 valence electrons. The Morgan fingerprint density at radius 2 is 2.04 bits per heavy atom. The van der Waals surface area contributed by atoms with Crippen LogP contribution < -0.4 is 24.2 Å². The average molecular weight is 400 g/mol. The molecule has 0 radical (unpaired) electrons. The van der Waals surface area contributed by atoms with Gasteiger partial charge in [0.15, 0.2) is 17.1 Å². The van der Waals surface area contributed by atoms with Crippen molar-refractivity contribution in [1.82, 2.24) is 4.57 Å². The first-order valence-electron chi connectivity index (χ1n) is 8.36. The molecule has 2 rings (SSSR count). The second-order valence-corrected chi connectivity index (χ2v) is 6.48. The number of aromatic nitrogens is 1. The van der Waals surface area contributed by atoms with Gasteiger partial charge in [0.25, 0.3) is 5.56 Å². The minimum Gasteiger partial charge on any atom is -0.493 e. The van der Waals surface area contributed by atoms with Gasteiger partial charge in [-0.2, -0.15) is 5.26 Å². The van der Waals surface area contributed by atoms with Crippen molar-refractivity contribution in [2.75, 3.05) is 20.8 Å². The van der Waals surface area contributed by atoms with Gasteiger partial charge < -0.3 is 14.2 Å². The number of carbonyl (C=O) groups is 1. The first kappa shape index (κ1) is 21.0. The van der Waals surface area contributed by atoms with E-state index in [4.69, 9.17) is 14.2 Å². The largest absolute Gasteiger partial charge is 0.493 e. The number of ether oxygens (including phenoxy) is 3. The van der Waals surface area contributed by atoms with Crippen molar-refractivity contribution in [3.8, 4) is 17.6 Å². The lowest BCUT2D eigenvalue weighted by molar-refractivity contribution is -0.135. The van der Waals surface area contributed by atoms with Gasteiger partial charge >= 0.3 is 5.97 Å². The first-order valence-corrected chi connectivity index (χ1v) is 9.18. The summed E-state index contributed by atoms with van der Waals surface area (Å²) in [6.45, 7) is 5.53. The summed E-state index contributed by atoms with van der Waals surface area (Å²) in [6.07, 6.45) is 3.08. The topological polar surface area (TPSA) is 90.6 Å². The summed E-state index contributed by atoms with van der Waals surface area (Å²) < 4.78 is 17.5. The van der Waals surface area contributed by atoms with Crippen LogP contribution in [0, 0.1) is 11.3 Å². The maximum Gasteiger partial charge on any atom is 0.352 e. The summed E-state index contributed by atoms with van der Waals surface area (Å²) in [5.41, 5.74) is 0.220. The van der Waals surface area contributed by atoms with Crippen LogP contribution in [0.1, 0.15) is 12.5 Å². The van der Waals surface area contributed by atoms with Crippen molar-refractivity contribution >= 4 is 29.0 Å². The molecular formula is C20H20N2O5S. The number of esters is 1. The number of methoxy groups -OCH3 is 2. The van der Waals surface area contributed by atoms with Gasteiger partial charge in [-0.05, 0) is 30.7 Å². The number of hydrogen-bond acceptors (Lipinski definition) is 7. The molecule has 0 N–H and O–H groups in total. The number of rotatable bonds is 7. The van der Waals surface area contributed by atoms with Crippen molar-refractivity contribution in [2.45, 2.75) is 13.5 Å². The molecule has 0 amide bonds. The number of nitrogens with zero attached hydrogens (tertiary/aromatic N) is 2. The number of thiazole rings is 1. The summed E-state index contributed by atoms with van der Waals surface area (Å²) in [5, 5.41) is 9.42. The summed E-state index contributed by atoms with van der Waals surface area (Å²) in [6, 6.07) is 7.10. The lowest BCUT2D eigenvalue weighted by Crippen LogP contribution is -2.32. The molecule has 0 saturated carbocycles. The predicted octanol–water partition coefficient (Wildman–Crippen LogP) is 1.18. The SMILES string of the molecule is C=CCOC(=O)/C(C#N)=c1\sc(=Cc2ccc(OC)c(OC)c2)c(=O)n1CC. The van der Waals surface area contributed by atoms with Crippen LogP contribution in [0.4, 0.5) is 0 Å². The molecule has 8 heteroatoms. The standard InChI is InChI=1S/C20H20N2O5S/c1-5-9-27-20(24)14(12-21)19-22(6-2)18(23)17(28-19)11-13-7-8-15(25-3)16(10-13)26-4/h5,7-8,10-11H,1,6,9H2,2-4H3/b17-11?,19-14-. The molecule has 1 aromatic carbocycles. The molecule has 0 aliphatic carbocycles. The Bertz CT molecular complexity index is 1110. The molecule has 0 unspecified atom stereocenters. The maximum atomic E-state index is 12.8. The van der Waals surface area contributed by atoms with Crippen molar-refractivity contribution in [3.63, 3.8) is 0 Å². The first-order chi connectivity index (χ1) is 13.5. The summed E-state index contributed by atoms with van der Waals surface area (Å²) >= 11 is 1.06. The number of nitriles is 1. The highest BCUT2D eigenvalue weighted by atomic mass is 32.1. The monoisotopic (exact) mass is 400 g/mol. The van der Waals surface area contributed by atoms with Crippen molar-refractivity contribution < 1.29 is 19.0 Å². The molecule has 0 atom stereocenters. The van der Waals surface area contributed by atoms with Crippen LogP contribution in [-0.4, -0.2) is 31.4 Å². The fraction of sp³-hybridized carbons (Fsp3) is 0.250. The number of hydrogen-bond donors (Lipinski definition) is 0. The van der Waals surface area contributed by atoms with Crippen molar-refractivity contribution in [1.29, 1.82) is 5.26 Å². The van der Waals surface area contributed by atoms with E-state index < -0.39 is 5.97 Å². The second kappa shape index (κ2) is 9.58. The molecule has 0 saturated heterocycles. The van der Waals surface area contributed by atoms with E-state index >= 15 is 0 Å². The Kier molecular flexibility index (Phi) is 7.18. The van der Waals surface area contributed by atoms with Crippen molar-refractivity contribution in [2.24, 2.45) is 0 Å². The van der Waals surface area contributed by atoms with Gasteiger partial charge in [0.2, 0.25) is 0 Å². The zero-order valence-electron chi connectivity index (χ0n) is 15.9. The van der Waals surface area contributed by atoms with E-state index in [1.165, 1.54) is 24.9 Å². The van der Waals surface area contributed by atoms with Crippen LogP contribution in [0.2, 0.25) is 0 Å². The molecule has 0 fully saturated rings. The highest BCUT2D eigenvalue weighted by Crippen LogP contribution is 2.27. The molecule has 2 aromatic rings. The van der Waals surface area contributed by atoms with Crippen LogP contribution in [0.25, 0.3) is 11.6 Å². The molecule has 7 nitrogen and oxygen atoms in total. The third kappa shape index (κ3) is 4.32. The third-order valence-electron chi connectivity index (χ3n) is 3.79. The molecule has 0 spiro atoms. The smallest absolute Gasteiger partial charge is 0.352 e. The summed E-state index contributed by atoms with van der Waals surface area (Å²) in [5.74, 6) is 0.312. The van der Waals surface area contributed by atoms with Crippen LogP contribution >= 0.6 is 11.3 Å². The van der Waals surface area contributed by atoms with E-state index in [1.807, 2.05) is 6.07 Å². The lowest BCUT2D eigenvalue weighted by atomic mass is 10.2. The van der Waals surface area contributed by atoms with E-state index in [0.29, 0.717) is 22.6 Å². The molecule has 28 heavy (non-hydrogen) atoms.